The summed E-state index contributed by atoms with van der Waals surface area (Å²) in [6, 6.07) is 7.58. The Morgan fingerprint density at radius 1 is 1.32 bits per heavy atom. The molecule has 2 N–H and O–H groups in total. The van der Waals surface area contributed by atoms with Crippen molar-refractivity contribution in [1.29, 1.82) is 0 Å². The van der Waals surface area contributed by atoms with Gasteiger partial charge in [0, 0.05) is 13.0 Å². The van der Waals surface area contributed by atoms with E-state index >= 15 is 0 Å². The molecule has 1 aliphatic heterocycles. The topological polar surface area (TPSA) is 94.1 Å². The summed E-state index contributed by atoms with van der Waals surface area (Å²) in [7, 11) is 1.63. The van der Waals surface area contributed by atoms with Crippen LogP contribution in [0.1, 0.15) is 24.8 Å². The highest BCUT2D eigenvalue weighted by molar-refractivity contribution is 5.76. The lowest BCUT2D eigenvalue weighted by Crippen LogP contribution is -2.50. The molecule has 1 aromatic rings. The van der Waals surface area contributed by atoms with Gasteiger partial charge in [-0.25, -0.2) is 4.79 Å². The maximum Gasteiger partial charge on any atom is 0.329 e. The first-order chi connectivity index (χ1) is 12.1. The molecule has 0 unspecified atom stereocenters. The molecule has 7 nitrogen and oxygen atoms in total. The van der Waals surface area contributed by atoms with E-state index in [1.165, 1.54) is 0 Å². The molecule has 1 fully saturated rings. The van der Waals surface area contributed by atoms with Crippen LogP contribution in [-0.2, 0) is 25.5 Å². The molecule has 0 aromatic heterocycles. The van der Waals surface area contributed by atoms with Crippen molar-refractivity contribution >= 4 is 11.9 Å². The van der Waals surface area contributed by atoms with Gasteiger partial charge in [0.2, 0.25) is 5.91 Å². The number of carbonyl (C=O) groups is 2. The molecule has 0 aliphatic carbocycles. The van der Waals surface area contributed by atoms with Gasteiger partial charge in [-0.1, -0.05) is 12.1 Å². The Balaban J connectivity index is 1.72. The Bertz CT molecular complexity index is 559. The van der Waals surface area contributed by atoms with Crippen LogP contribution in [0.2, 0.25) is 0 Å². The minimum atomic E-state index is -1.03. The van der Waals surface area contributed by atoms with Crippen LogP contribution in [0, 0.1) is 0 Å². The van der Waals surface area contributed by atoms with Crippen LogP contribution in [0.5, 0.6) is 5.75 Å². The Hall–Kier alpha value is -2.12. The number of hydrogen-bond donors (Lipinski definition) is 2. The summed E-state index contributed by atoms with van der Waals surface area (Å²) in [5.41, 5.74) is 1.15. The van der Waals surface area contributed by atoms with Crippen molar-refractivity contribution in [3.05, 3.63) is 29.8 Å². The summed E-state index contributed by atoms with van der Waals surface area (Å²) >= 11 is 0. The zero-order valence-electron chi connectivity index (χ0n) is 14.4. The standard InChI is InChI=1S/C18H25NO6/c1-23-14-7-5-13(6-8-14)3-2-4-17(20)19-15-9-10-24-11-16(15)25-12-18(21)22/h5-8,15-16H,2-4,9-12H2,1H3,(H,19,20)(H,21,22)/t15-,16-/m1/s1. The van der Waals surface area contributed by atoms with Crippen LogP contribution in [0.3, 0.4) is 0 Å². The second kappa shape index (κ2) is 10.0. The molecule has 1 heterocycles. The number of benzene rings is 1. The second-order valence-corrected chi connectivity index (χ2v) is 5.98. The fourth-order valence-electron chi connectivity index (χ4n) is 2.74. The van der Waals surface area contributed by atoms with Crippen molar-refractivity contribution in [3.8, 4) is 5.75 Å². The molecule has 1 aromatic carbocycles. The quantitative estimate of drug-likeness (QED) is 0.698. The van der Waals surface area contributed by atoms with Gasteiger partial charge in [0.1, 0.15) is 18.5 Å². The Morgan fingerprint density at radius 3 is 2.76 bits per heavy atom. The van der Waals surface area contributed by atoms with Crippen LogP contribution in [-0.4, -0.2) is 56.1 Å². The fraction of sp³-hybridized carbons (Fsp3) is 0.556. The molecular formula is C18H25NO6. The highest BCUT2D eigenvalue weighted by Gasteiger charge is 2.28. The molecule has 0 spiro atoms. The number of amides is 1. The third kappa shape index (κ3) is 6.72. The first kappa shape index (κ1) is 19.2. The molecule has 0 saturated carbocycles. The number of ether oxygens (including phenoxy) is 3. The van der Waals surface area contributed by atoms with Gasteiger partial charge < -0.3 is 24.6 Å². The summed E-state index contributed by atoms with van der Waals surface area (Å²) in [6.45, 7) is 0.436. The molecule has 1 saturated heterocycles. The molecular weight excluding hydrogens is 326 g/mol. The van der Waals surface area contributed by atoms with Gasteiger partial charge in [-0.2, -0.15) is 0 Å². The van der Waals surface area contributed by atoms with Gasteiger partial charge >= 0.3 is 5.97 Å². The number of carboxylic acid groups (broad SMARTS) is 1. The highest BCUT2D eigenvalue weighted by atomic mass is 16.5. The average molecular weight is 351 g/mol. The number of methoxy groups -OCH3 is 1. The van der Waals surface area contributed by atoms with Crippen LogP contribution in [0.4, 0.5) is 0 Å². The van der Waals surface area contributed by atoms with Crippen molar-refractivity contribution in [2.75, 3.05) is 26.9 Å². The second-order valence-electron chi connectivity index (χ2n) is 5.98. The lowest BCUT2D eigenvalue weighted by atomic mass is 10.0. The zero-order chi connectivity index (χ0) is 18.1. The highest BCUT2D eigenvalue weighted by Crippen LogP contribution is 2.14. The molecule has 2 atom stereocenters. The fourth-order valence-corrected chi connectivity index (χ4v) is 2.74. The van der Waals surface area contributed by atoms with Crippen LogP contribution >= 0.6 is 0 Å². The van der Waals surface area contributed by atoms with Crippen molar-refractivity contribution in [2.24, 2.45) is 0 Å². The van der Waals surface area contributed by atoms with Gasteiger partial charge in [-0.3, -0.25) is 4.79 Å². The summed E-state index contributed by atoms with van der Waals surface area (Å²) in [6.07, 6.45) is 2.16. The number of carboxylic acids is 1. The molecule has 138 valence electrons. The number of hydrogen-bond acceptors (Lipinski definition) is 5. The predicted molar refractivity (Wildman–Crippen MR) is 90.7 cm³/mol. The molecule has 7 heteroatoms. The van der Waals surface area contributed by atoms with Crippen molar-refractivity contribution < 1.29 is 28.9 Å². The Kier molecular flexibility index (Phi) is 7.69. The number of aryl methyl sites for hydroxylation is 1. The minimum Gasteiger partial charge on any atom is -0.497 e. The third-order valence-corrected chi connectivity index (χ3v) is 4.10. The van der Waals surface area contributed by atoms with E-state index in [4.69, 9.17) is 19.3 Å². The maximum absolute atomic E-state index is 12.1. The summed E-state index contributed by atoms with van der Waals surface area (Å²) in [5, 5.41) is 11.6. The summed E-state index contributed by atoms with van der Waals surface area (Å²) < 4.78 is 15.7. The van der Waals surface area contributed by atoms with E-state index in [9.17, 15) is 9.59 Å². The molecule has 1 amide bonds. The number of nitrogens with one attached hydrogen (secondary N) is 1. The first-order valence-electron chi connectivity index (χ1n) is 8.42. The van der Waals surface area contributed by atoms with E-state index in [0.29, 0.717) is 26.1 Å². The van der Waals surface area contributed by atoms with Gasteiger partial charge in [0.05, 0.1) is 19.8 Å². The summed E-state index contributed by atoms with van der Waals surface area (Å²) in [4.78, 5) is 22.8. The van der Waals surface area contributed by atoms with Gasteiger partial charge in [0.25, 0.3) is 0 Å². The van der Waals surface area contributed by atoms with E-state index in [1.54, 1.807) is 7.11 Å². The number of carbonyl (C=O) groups excluding carboxylic acids is 1. The maximum atomic E-state index is 12.1. The van der Waals surface area contributed by atoms with E-state index < -0.39 is 18.7 Å². The van der Waals surface area contributed by atoms with Crippen LogP contribution in [0.25, 0.3) is 0 Å². The van der Waals surface area contributed by atoms with Gasteiger partial charge in [-0.05, 0) is 37.0 Å². The molecule has 2 rings (SSSR count). The minimum absolute atomic E-state index is 0.0515. The van der Waals surface area contributed by atoms with E-state index in [0.717, 1.165) is 24.2 Å². The van der Waals surface area contributed by atoms with E-state index in [1.807, 2.05) is 24.3 Å². The van der Waals surface area contributed by atoms with Crippen LogP contribution in [0.15, 0.2) is 24.3 Å². The smallest absolute Gasteiger partial charge is 0.329 e. The molecule has 25 heavy (non-hydrogen) atoms. The Morgan fingerprint density at radius 2 is 2.08 bits per heavy atom. The van der Waals surface area contributed by atoms with E-state index in [-0.39, 0.29) is 11.9 Å². The third-order valence-electron chi connectivity index (χ3n) is 4.10. The largest absolute Gasteiger partial charge is 0.497 e. The SMILES string of the molecule is COc1ccc(CCCC(=O)N[C@@H]2CCOC[C@H]2OCC(=O)O)cc1. The number of rotatable bonds is 9. The van der Waals surface area contributed by atoms with E-state index in [2.05, 4.69) is 5.32 Å². The lowest BCUT2D eigenvalue weighted by molar-refractivity contribution is -0.149. The number of aliphatic carboxylic acids is 1. The van der Waals surface area contributed by atoms with Crippen molar-refractivity contribution in [2.45, 2.75) is 37.8 Å². The van der Waals surface area contributed by atoms with Crippen molar-refractivity contribution in [3.63, 3.8) is 0 Å². The predicted octanol–water partition coefficient (Wildman–Crippen LogP) is 1.39. The average Bonchev–Trinajstić information content (AvgIpc) is 2.61. The first-order valence-corrected chi connectivity index (χ1v) is 8.42. The normalized spacial score (nSPS) is 20.0. The van der Waals surface area contributed by atoms with Gasteiger partial charge in [0.15, 0.2) is 0 Å². The Labute approximate surface area is 147 Å². The molecule has 1 aliphatic rings. The monoisotopic (exact) mass is 351 g/mol. The molecule has 0 bridgehead atoms. The summed E-state index contributed by atoms with van der Waals surface area (Å²) in [5.74, 6) is -0.270. The van der Waals surface area contributed by atoms with Crippen molar-refractivity contribution in [1.82, 2.24) is 5.32 Å². The van der Waals surface area contributed by atoms with Crippen LogP contribution < -0.4 is 10.1 Å². The zero-order valence-corrected chi connectivity index (χ0v) is 14.4. The van der Waals surface area contributed by atoms with Gasteiger partial charge in [-0.15, -0.1) is 0 Å². The lowest BCUT2D eigenvalue weighted by Gasteiger charge is -2.31. The molecule has 0 radical (unpaired) electrons.